The fourth-order valence-electron chi connectivity index (χ4n) is 2.11. The van der Waals surface area contributed by atoms with Crippen LogP contribution in [0.25, 0.3) is 17.0 Å². The van der Waals surface area contributed by atoms with Crippen molar-refractivity contribution in [2.24, 2.45) is 0 Å². The summed E-state index contributed by atoms with van der Waals surface area (Å²) in [4.78, 5) is 0. The van der Waals surface area contributed by atoms with E-state index >= 15 is 0 Å². The minimum absolute atomic E-state index is 0.658. The van der Waals surface area contributed by atoms with Crippen LogP contribution in [0.5, 0.6) is 5.75 Å². The average Bonchev–Trinajstić information content (AvgIpc) is 2.75. The van der Waals surface area contributed by atoms with Crippen molar-refractivity contribution in [2.75, 3.05) is 6.61 Å². The Hall–Kier alpha value is -1.96. The quantitative estimate of drug-likeness (QED) is 0.715. The van der Waals surface area contributed by atoms with Gasteiger partial charge in [-0.15, -0.1) is 0 Å². The van der Waals surface area contributed by atoms with Crippen LogP contribution in [0, 0.1) is 0 Å². The molecule has 0 unspecified atom stereocenters. The molecule has 0 N–H and O–H groups in total. The van der Waals surface area contributed by atoms with Crippen LogP contribution >= 0.6 is 0 Å². The lowest BCUT2D eigenvalue weighted by molar-refractivity contribution is 0.344. The minimum atomic E-state index is 0.658. The number of fused-ring (bicyclic) bond motifs is 1. The monoisotopic (exact) mass is 242 g/mol. The lowest BCUT2D eigenvalue weighted by atomic mass is 10.1. The summed E-state index contributed by atoms with van der Waals surface area (Å²) in [6.45, 7) is 8.45. The molecule has 0 fully saturated rings. The van der Waals surface area contributed by atoms with Crippen LogP contribution in [-0.2, 0) is 6.42 Å². The summed E-state index contributed by atoms with van der Waals surface area (Å²) in [7, 11) is 0. The first-order chi connectivity index (χ1) is 8.81. The molecule has 2 nitrogen and oxygen atoms in total. The lowest BCUT2D eigenvalue weighted by Crippen LogP contribution is -1.92. The highest BCUT2D eigenvalue weighted by Crippen LogP contribution is 2.34. The van der Waals surface area contributed by atoms with Crippen molar-refractivity contribution < 1.29 is 9.15 Å². The Morgan fingerprint density at radius 1 is 1.33 bits per heavy atom. The summed E-state index contributed by atoms with van der Waals surface area (Å²) in [6, 6.07) is 5.92. The van der Waals surface area contributed by atoms with E-state index < -0.39 is 0 Å². The zero-order valence-electron chi connectivity index (χ0n) is 10.9. The molecule has 94 valence electrons. The number of benzene rings is 1. The fourth-order valence-corrected chi connectivity index (χ4v) is 2.11. The van der Waals surface area contributed by atoms with Gasteiger partial charge in [-0.1, -0.05) is 31.7 Å². The van der Waals surface area contributed by atoms with E-state index in [1.54, 1.807) is 6.08 Å². The molecule has 2 rings (SSSR count). The number of aryl methyl sites for hydroxylation is 1. The number of allylic oxidation sites excluding steroid dienone is 2. The van der Waals surface area contributed by atoms with Gasteiger partial charge in [0.2, 0.25) is 0 Å². The predicted octanol–water partition coefficient (Wildman–Crippen LogP) is 4.59. The maximum Gasteiger partial charge on any atom is 0.138 e. The number of hydrogen-bond acceptors (Lipinski definition) is 2. The van der Waals surface area contributed by atoms with E-state index in [0.29, 0.717) is 6.61 Å². The van der Waals surface area contributed by atoms with E-state index in [0.717, 1.165) is 28.9 Å². The van der Waals surface area contributed by atoms with Crippen LogP contribution in [0.15, 0.2) is 41.3 Å². The molecule has 1 heterocycles. The van der Waals surface area contributed by atoms with Gasteiger partial charge in [-0.05, 0) is 31.6 Å². The van der Waals surface area contributed by atoms with E-state index in [1.165, 1.54) is 5.56 Å². The molecule has 18 heavy (non-hydrogen) atoms. The Balaban J connectivity index is 2.65. The van der Waals surface area contributed by atoms with Gasteiger partial charge in [-0.3, -0.25) is 0 Å². The first kappa shape index (κ1) is 12.5. The second-order valence-electron chi connectivity index (χ2n) is 3.96. The molecular formula is C16H18O2. The first-order valence-electron chi connectivity index (χ1n) is 6.28. The maximum atomic E-state index is 5.86. The van der Waals surface area contributed by atoms with E-state index in [4.69, 9.17) is 9.15 Å². The topological polar surface area (TPSA) is 22.4 Å². The molecule has 2 aromatic rings. The molecule has 0 saturated carbocycles. The average molecular weight is 242 g/mol. The van der Waals surface area contributed by atoms with Gasteiger partial charge in [-0.25, -0.2) is 0 Å². The molecule has 1 aromatic heterocycles. The van der Waals surface area contributed by atoms with Gasteiger partial charge in [0.15, 0.2) is 0 Å². The highest BCUT2D eigenvalue weighted by atomic mass is 16.5. The molecule has 1 aromatic carbocycles. The van der Waals surface area contributed by atoms with Crippen molar-refractivity contribution in [3.05, 3.63) is 48.3 Å². The Kier molecular flexibility index (Phi) is 3.88. The van der Waals surface area contributed by atoms with Crippen molar-refractivity contribution in [2.45, 2.75) is 20.3 Å². The van der Waals surface area contributed by atoms with E-state index in [1.807, 2.05) is 37.3 Å². The Bertz CT molecular complexity index is 576. The normalized spacial score (nSPS) is 11.2. The van der Waals surface area contributed by atoms with Crippen molar-refractivity contribution >= 4 is 17.0 Å². The second kappa shape index (κ2) is 5.58. The van der Waals surface area contributed by atoms with Gasteiger partial charge in [0, 0.05) is 5.56 Å². The summed E-state index contributed by atoms with van der Waals surface area (Å²) in [6.07, 6.45) is 6.49. The molecule has 0 bridgehead atoms. The van der Waals surface area contributed by atoms with Crippen LogP contribution in [0.3, 0.4) is 0 Å². The minimum Gasteiger partial charge on any atom is -0.493 e. The van der Waals surface area contributed by atoms with Crippen LogP contribution in [0.2, 0.25) is 0 Å². The number of ether oxygens (including phenoxy) is 1. The van der Waals surface area contributed by atoms with Gasteiger partial charge in [0.1, 0.15) is 17.1 Å². The summed E-state index contributed by atoms with van der Waals surface area (Å²) in [5, 5.41) is 1.09. The Morgan fingerprint density at radius 3 is 2.83 bits per heavy atom. The van der Waals surface area contributed by atoms with Crippen molar-refractivity contribution in [1.82, 2.24) is 0 Å². The highest BCUT2D eigenvalue weighted by Gasteiger charge is 2.14. The van der Waals surface area contributed by atoms with Crippen LogP contribution in [0.1, 0.15) is 25.2 Å². The zero-order valence-corrected chi connectivity index (χ0v) is 10.9. The van der Waals surface area contributed by atoms with E-state index in [9.17, 15) is 0 Å². The maximum absolute atomic E-state index is 5.86. The molecule has 0 radical (unpaired) electrons. The van der Waals surface area contributed by atoms with E-state index in [2.05, 4.69) is 13.5 Å². The Morgan fingerprint density at radius 2 is 2.17 bits per heavy atom. The third kappa shape index (κ3) is 2.19. The van der Waals surface area contributed by atoms with Crippen molar-refractivity contribution in [3.63, 3.8) is 0 Å². The predicted molar refractivity (Wildman–Crippen MR) is 76.0 cm³/mol. The molecule has 0 atom stereocenters. The summed E-state index contributed by atoms with van der Waals surface area (Å²) >= 11 is 0. The molecule has 2 heteroatoms. The lowest BCUT2D eigenvalue weighted by Gasteiger charge is -2.04. The van der Waals surface area contributed by atoms with Gasteiger partial charge >= 0.3 is 0 Å². The number of hydrogen-bond donors (Lipinski definition) is 0. The number of rotatable bonds is 5. The van der Waals surface area contributed by atoms with Crippen molar-refractivity contribution in [1.29, 1.82) is 0 Å². The van der Waals surface area contributed by atoms with E-state index in [-0.39, 0.29) is 0 Å². The Labute approximate surface area is 108 Å². The molecule has 0 aliphatic heterocycles. The largest absolute Gasteiger partial charge is 0.493 e. The van der Waals surface area contributed by atoms with Gasteiger partial charge in [-0.2, -0.15) is 0 Å². The van der Waals surface area contributed by atoms with Gasteiger partial charge < -0.3 is 9.15 Å². The first-order valence-corrected chi connectivity index (χ1v) is 6.28. The molecular weight excluding hydrogens is 224 g/mol. The summed E-state index contributed by atoms with van der Waals surface area (Å²) in [5.74, 6) is 1.79. The highest BCUT2D eigenvalue weighted by molar-refractivity contribution is 5.90. The second-order valence-corrected chi connectivity index (χ2v) is 3.96. The van der Waals surface area contributed by atoms with Crippen molar-refractivity contribution in [3.8, 4) is 5.75 Å². The molecule has 0 saturated heterocycles. The van der Waals surface area contributed by atoms with Gasteiger partial charge in [0.05, 0.1) is 12.0 Å². The summed E-state index contributed by atoms with van der Waals surface area (Å²) < 4.78 is 11.5. The molecule has 0 spiro atoms. The smallest absolute Gasteiger partial charge is 0.138 e. The molecule has 0 aliphatic carbocycles. The van der Waals surface area contributed by atoms with Crippen LogP contribution in [-0.4, -0.2) is 6.61 Å². The SMILES string of the molecule is C=C/C=C\c1oc2cccc(OCC)c2c1CC. The zero-order chi connectivity index (χ0) is 13.0. The van der Waals surface area contributed by atoms with Crippen LogP contribution in [0.4, 0.5) is 0 Å². The number of furan rings is 1. The standard InChI is InChI=1S/C16H18O2/c1-4-7-9-13-12(5-2)16-14(17-6-3)10-8-11-15(16)18-13/h4,7-11H,1,5-6H2,2-3H3/b9-7-. The van der Waals surface area contributed by atoms with Gasteiger partial charge in [0.25, 0.3) is 0 Å². The third-order valence-electron chi connectivity index (χ3n) is 2.84. The molecule has 0 amide bonds. The summed E-state index contributed by atoms with van der Waals surface area (Å²) in [5.41, 5.74) is 2.06. The third-order valence-corrected chi connectivity index (χ3v) is 2.84. The van der Waals surface area contributed by atoms with Crippen LogP contribution < -0.4 is 4.74 Å². The molecule has 0 aliphatic rings. The fraction of sp³-hybridized carbons (Fsp3) is 0.250.